The summed E-state index contributed by atoms with van der Waals surface area (Å²) >= 11 is 6.03. The number of aliphatic carboxylic acids is 1. The van der Waals surface area contributed by atoms with Crippen LogP contribution in [0.2, 0.25) is 5.02 Å². The molecular weight excluding hydrogens is 495 g/mol. The van der Waals surface area contributed by atoms with Gasteiger partial charge in [0.05, 0.1) is 26.8 Å². The first kappa shape index (κ1) is 23.7. The number of benzene rings is 3. The fourth-order valence-corrected chi connectivity index (χ4v) is 5.17. The van der Waals surface area contributed by atoms with E-state index in [9.17, 15) is 26.4 Å². The van der Waals surface area contributed by atoms with Gasteiger partial charge in [-0.25, -0.2) is 8.42 Å². The fraction of sp³-hybridized carbons (Fsp3) is 0.0870. The maximum atomic E-state index is 13.7. The molecule has 3 aromatic carbocycles. The fourth-order valence-electron chi connectivity index (χ4n) is 3.44. The predicted molar refractivity (Wildman–Crippen MR) is 118 cm³/mol. The lowest BCUT2D eigenvalue weighted by Crippen LogP contribution is -2.10. The highest BCUT2D eigenvalue weighted by molar-refractivity contribution is 7.91. The Balaban J connectivity index is 1.79. The third-order valence-corrected chi connectivity index (χ3v) is 7.03. The minimum absolute atomic E-state index is 0.0543. The molecule has 0 aliphatic carbocycles. The molecule has 6 nitrogen and oxygen atoms in total. The van der Waals surface area contributed by atoms with E-state index in [0.717, 1.165) is 6.07 Å². The van der Waals surface area contributed by atoms with Gasteiger partial charge in [0, 0.05) is 17.1 Å². The first-order chi connectivity index (χ1) is 16.0. The Morgan fingerprint density at radius 3 is 2.41 bits per heavy atom. The van der Waals surface area contributed by atoms with Gasteiger partial charge in [-0.05, 0) is 48.0 Å². The van der Waals surface area contributed by atoms with Crippen LogP contribution in [0.15, 0.2) is 76.7 Å². The molecule has 1 heterocycles. The van der Waals surface area contributed by atoms with E-state index < -0.39 is 44.7 Å². The molecule has 2 N–H and O–H groups in total. The van der Waals surface area contributed by atoms with E-state index in [1.165, 1.54) is 36.5 Å². The van der Waals surface area contributed by atoms with Gasteiger partial charge in [-0.2, -0.15) is 13.2 Å². The Bertz CT molecular complexity index is 1500. The van der Waals surface area contributed by atoms with Crippen LogP contribution >= 0.6 is 11.6 Å². The van der Waals surface area contributed by atoms with Crippen LogP contribution in [-0.2, 0) is 27.2 Å². The minimum Gasteiger partial charge on any atom is -0.481 e. The molecule has 0 amide bonds. The van der Waals surface area contributed by atoms with Gasteiger partial charge < -0.3 is 14.8 Å². The molecule has 0 radical (unpaired) electrons. The van der Waals surface area contributed by atoms with Crippen LogP contribution in [0, 0.1) is 0 Å². The molecular formula is C23H15ClF3NO5S. The molecule has 0 aliphatic rings. The molecule has 0 fully saturated rings. The van der Waals surface area contributed by atoms with Crippen LogP contribution in [0.25, 0.3) is 10.9 Å². The summed E-state index contributed by atoms with van der Waals surface area (Å²) in [4.78, 5) is 13.7. The van der Waals surface area contributed by atoms with E-state index in [-0.39, 0.29) is 26.5 Å². The predicted octanol–water partition coefficient (Wildman–Crippen LogP) is 6.09. The summed E-state index contributed by atoms with van der Waals surface area (Å²) in [6, 6.07) is 13.6. The third-order valence-electron chi connectivity index (χ3n) is 4.94. The van der Waals surface area contributed by atoms with Crippen LogP contribution in [0.3, 0.4) is 0 Å². The van der Waals surface area contributed by atoms with Gasteiger partial charge in [-0.15, -0.1) is 0 Å². The van der Waals surface area contributed by atoms with Gasteiger partial charge in [0.25, 0.3) is 0 Å². The summed E-state index contributed by atoms with van der Waals surface area (Å²) in [6.45, 7) is 0. The van der Waals surface area contributed by atoms with Gasteiger partial charge in [-0.1, -0.05) is 29.8 Å². The van der Waals surface area contributed by atoms with Crippen molar-refractivity contribution in [2.24, 2.45) is 0 Å². The number of hydrogen-bond acceptors (Lipinski definition) is 4. The minimum atomic E-state index is -4.88. The molecule has 0 unspecified atom stereocenters. The zero-order valence-corrected chi connectivity index (χ0v) is 18.6. The largest absolute Gasteiger partial charge is 0.481 e. The molecule has 0 saturated carbocycles. The Hall–Kier alpha value is -3.50. The Kier molecular flexibility index (Phi) is 6.05. The molecule has 0 atom stereocenters. The highest BCUT2D eigenvalue weighted by Gasteiger charge is 2.36. The first-order valence-corrected chi connectivity index (χ1v) is 11.5. The van der Waals surface area contributed by atoms with Crippen molar-refractivity contribution < 1.29 is 36.2 Å². The SMILES string of the molecule is O=C(O)Cc1cc(Cl)c(Oc2ccc3[nH]cc(S(=O)(=O)c4ccccc4)c3c2)c(C(F)(F)F)c1. The normalized spacial score (nSPS) is 12.1. The summed E-state index contributed by atoms with van der Waals surface area (Å²) in [5, 5.41) is 8.69. The third kappa shape index (κ3) is 4.59. The Morgan fingerprint density at radius 1 is 1.06 bits per heavy atom. The Labute approximate surface area is 196 Å². The van der Waals surface area contributed by atoms with Gasteiger partial charge in [0.2, 0.25) is 9.84 Å². The van der Waals surface area contributed by atoms with Gasteiger partial charge in [0.1, 0.15) is 5.75 Å². The highest BCUT2D eigenvalue weighted by Crippen LogP contribution is 2.44. The number of alkyl halides is 3. The van der Waals surface area contributed by atoms with E-state index >= 15 is 0 Å². The number of aromatic nitrogens is 1. The molecule has 11 heteroatoms. The number of rotatable bonds is 6. The molecule has 4 rings (SSSR count). The number of aromatic amines is 1. The average Bonchev–Trinajstić information content (AvgIpc) is 3.19. The second-order valence-corrected chi connectivity index (χ2v) is 9.63. The lowest BCUT2D eigenvalue weighted by atomic mass is 10.1. The standard InChI is InChI=1S/C23H15ClF3NO5S/c24-18-9-13(10-21(29)30)8-17(23(25,26)27)22(18)33-14-6-7-19-16(11-14)20(12-28-19)34(31,32)15-4-2-1-3-5-15/h1-9,11-12,28H,10H2,(H,29,30). The molecule has 0 bridgehead atoms. The van der Waals surface area contributed by atoms with Crippen molar-refractivity contribution in [2.75, 3.05) is 0 Å². The summed E-state index contributed by atoms with van der Waals surface area (Å²) in [5.41, 5.74) is -0.960. The van der Waals surface area contributed by atoms with E-state index in [0.29, 0.717) is 11.6 Å². The number of H-pyrrole nitrogens is 1. The number of hydrogen-bond donors (Lipinski definition) is 2. The van der Waals surface area contributed by atoms with Crippen LogP contribution in [0.4, 0.5) is 13.2 Å². The Morgan fingerprint density at radius 2 is 1.76 bits per heavy atom. The van der Waals surface area contributed by atoms with Gasteiger partial charge in [0.15, 0.2) is 5.75 Å². The quantitative estimate of drug-likeness (QED) is 0.328. The van der Waals surface area contributed by atoms with Crippen molar-refractivity contribution in [2.45, 2.75) is 22.4 Å². The summed E-state index contributed by atoms with van der Waals surface area (Å²) in [6.07, 6.45) is -4.24. The van der Waals surface area contributed by atoms with Crippen LogP contribution in [0.1, 0.15) is 11.1 Å². The molecule has 34 heavy (non-hydrogen) atoms. The van der Waals surface area contributed by atoms with E-state index in [1.54, 1.807) is 18.2 Å². The van der Waals surface area contributed by atoms with Crippen molar-refractivity contribution in [3.05, 3.63) is 83.0 Å². The monoisotopic (exact) mass is 509 g/mol. The molecule has 0 aliphatic heterocycles. The second kappa shape index (κ2) is 8.69. The van der Waals surface area contributed by atoms with Crippen molar-refractivity contribution >= 4 is 38.3 Å². The zero-order chi connectivity index (χ0) is 24.7. The smallest absolute Gasteiger partial charge is 0.420 e. The van der Waals surface area contributed by atoms with Crippen LogP contribution in [-0.4, -0.2) is 24.5 Å². The number of halogens is 4. The van der Waals surface area contributed by atoms with Crippen molar-refractivity contribution in [3.8, 4) is 11.5 Å². The van der Waals surface area contributed by atoms with Gasteiger partial charge in [-0.3, -0.25) is 4.79 Å². The van der Waals surface area contributed by atoms with Crippen molar-refractivity contribution in [1.82, 2.24) is 4.98 Å². The highest BCUT2D eigenvalue weighted by atomic mass is 35.5. The molecule has 1 aromatic heterocycles. The topological polar surface area (TPSA) is 96.5 Å². The number of carboxylic acids is 1. The van der Waals surface area contributed by atoms with Crippen LogP contribution < -0.4 is 4.74 Å². The zero-order valence-electron chi connectivity index (χ0n) is 17.1. The maximum absolute atomic E-state index is 13.7. The number of carboxylic acid groups (broad SMARTS) is 1. The summed E-state index contributed by atoms with van der Waals surface area (Å²) in [7, 11) is -3.92. The summed E-state index contributed by atoms with van der Waals surface area (Å²) in [5.74, 6) is -2.12. The lowest BCUT2D eigenvalue weighted by molar-refractivity contribution is -0.139. The molecule has 4 aromatic rings. The van der Waals surface area contributed by atoms with E-state index in [1.807, 2.05) is 0 Å². The average molecular weight is 510 g/mol. The number of fused-ring (bicyclic) bond motifs is 1. The molecule has 176 valence electrons. The lowest BCUT2D eigenvalue weighted by Gasteiger charge is -2.17. The number of sulfone groups is 1. The van der Waals surface area contributed by atoms with Gasteiger partial charge >= 0.3 is 12.1 Å². The van der Waals surface area contributed by atoms with Crippen LogP contribution in [0.5, 0.6) is 11.5 Å². The van der Waals surface area contributed by atoms with Crippen molar-refractivity contribution in [1.29, 1.82) is 0 Å². The first-order valence-electron chi connectivity index (χ1n) is 9.67. The summed E-state index contributed by atoms with van der Waals surface area (Å²) < 4.78 is 72.7. The van der Waals surface area contributed by atoms with Crippen molar-refractivity contribution in [3.63, 3.8) is 0 Å². The second-order valence-electron chi connectivity index (χ2n) is 7.30. The number of nitrogens with one attached hydrogen (secondary N) is 1. The molecule has 0 spiro atoms. The molecule has 0 saturated heterocycles. The van der Waals surface area contributed by atoms with E-state index in [2.05, 4.69) is 4.98 Å². The number of ether oxygens (including phenoxy) is 1. The van der Waals surface area contributed by atoms with E-state index in [4.69, 9.17) is 21.4 Å². The number of carbonyl (C=O) groups is 1. The maximum Gasteiger partial charge on any atom is 0.420 e.